The molecule has 0 saturated carbocycles. The van der Waals surface area contributed by atoms with Gasteiger partial charge in [0.1, 0.15) is 17.6 Å². The Morgan fingerprint density at radius 3 is 2.60 bits per heavy atom. The minimum atomic E-state index is 0.435. The molecule has 0 fully saturated rings. The Hall–Kier alpha value is -2.77. The zero-order valence-electron chi connectivity index (χ0n) is 17.5. The van der Waals surface area contributed by atoms with Crippen LogP contribution in [0.3, 0.4) is 0 Å². The number of nitrogens with zero attached hydrogens (tertiary/aromatic N) is 2. The lowest BCUT2D eigenvalue weighted by atomic mass is 10.1. The van der Waals surface area contributed by atoms with Crippen molar-refractivity contribution in [3.63, 3.8) is 0 Å². The van der Waals surface area contributed by atoms with E-state index in [-0.39, 0.29) is 0 Å². The number of ether oxygens (including phenoxy) is 1. The van der Waals surface area contributed by atoms with Crippen LogP contribution in [0.5, 0.6) is 5.75 Å². The number of halogens is 1. The number of rotatable bonds is 11. The van der Waals surface area contributed by atoms with E-state index in [1.165, 1.54) is 38.5 Å². The molecule has 156 valence electrons. The molecule has 0 saturated heterocycles. The van der Waals surface area contributed by atoms with Gasteiger partial charge in [0.2, 0.25) is 0 Å². The van der Waals surface area contributed by atoms with Gasteiger partial charge in [-0.05, 0) is 48.4 Å². The van der Waals surface area contributed by atoms with Crippen LogP contribution in [0.1, 0.15) is 63.3 Å². The number of fused-ring (bicyclic) bond motifs is 1. The van der Waals surface area contributed by atoms with Gasteiger partial charge in [-0.3, -0.25) is 0 Å². The van der Waals surface area contributed by atoms with Gasteiger partial charge < -0.3 is 9.72 Å². The molecular formula is C25H28ClN3O. The van der Waals surface area contributed by atoms with Crippen LogP contribution in [0.15, 0.2) is 42.5 Å². The van der Waals surface area contributed by atoms with Gasteiger partial charge in [0.05, 0.1) is 28.2 Å². The van der Waals surface area contributed by atoms with E-state index in [0.29, 0.717) is 23.0 Å². The van der Waals surface area contributed by atoms with Crippen LogP contribution < -0.4 is 4.74 Å². The third-order valence-corrected chi connectivity index (χ3v) is 5.38. The molecule has 3 rings (SSSR count). The third-order valence-electron chi connectivity index (χ3n) is 5.05. The fraction of sp³-hybridized carbons (Fsp3) is 0.360. The molecule has 2 aromatic carbocycles. The molecule has 1 aromatic heterocycles. The topological polar surface area (TPSA) is 61.7 Å². The maximum atomic E-state index is 9.60. The lowest BCUT2D eigenvalue weighted by Gasteiger charge is -2.08. The van der Waals surface area contributed by atoms with Crippen LogP contribution in [-0.2, 0) is 0 Å². The van der Waals surface area contributed by atoms with Crippen molar-refractivity contribution in [2.24, 2.45) is 0 Å². The van der Waals surface area contributed by atoms with Crippen molar-refractivity contribution in [1.82, 2.24) is 9.97 Å². The van der Waals surface area contributed by atoms with E-state index in [0.717, 1.165) is 28.8 Å². The van der Waals surface area contributed by atoms with Crippen LogP contribution in [0, 0.1) is 11.3 Å². The average molecular weight is 422 g/mol. The Morgan fingerprint density at radius 1 is 1.10 bits per heavy atom. The summed E-state index contributed by atoms with van der Waals surface area (Å²) < 4.78 is 5.84. The van der Waals surface area contributed by atoms with Crippen molar-refractivity contribution in [3.05, 3.63) is 58.9 Å². The number of H-pyrrole nitrogens is 1. The molecule has 3 aromatic rings. The number of unbranched alkanes of at least 4 members (excludes halogenated alkanes) is 6. The van der Waals surface area contributed by atoms with E-state index in [9.17, 15) is 5.26 Å². The minimum Gasteiger partial charge on any atom is -0.494 e. The number of allylic oxidation sites excluding steroid dienone is 1. The summed E-state index contributed by atoms with van der Waals surface area (Å²) in [5.74, 6) is 1.29. The molecule has 0 radical (unpaired) electrons. The van der Waals surface area contributed by atoms with Crippen molar-refractivity contribution >= 4 is 34.3 Å². The SMILES string of the molecule is CCCCCCCCCOc1ccc(/C=C(/C#N)c2nc3ccccc3[nH]2)c(Cl)c1. The molecule has 1 N–H and O–H groups in total. The Bertz CT molecular complexity index is 999. The second kappa shape index (κ2) is 11.4. The van der Waals surface area contributed by atoms with E-state index in [2.05, 4.69) is 23.0 Å². The van der Waals surface area contributed by atoms with Crippen molar-refractivity contribution in [1.29, 1.82) is 5.26 Å². The van der Waals surface area contributed by atoms with Gasteiger partial charge in [0, 0.05) is 0 Å². The summed E-state index contributed by atoms with van der Waals surface area (Å²) in [6, 6.07) is 15.5. The number of para-hydroxylation sites is 2. The van der Waals surface area contributed by atoms with Crippen molar-refractivity contribution < 1.29 is 4.74 Å². The lowest BCUT2D eigenvalue weighted by molar-refractivity contribution is 0.304. The molecule has 0 aliphatic rings. The zero-order chi connectivity index (χ0) is 21.2. The smallest absolute Gasteiger partial charge is 0.149 e. The van der Waals surface area contributed by atoms with E-state index >= 15 is 0 Å². The van der Waals surface area contributed by atoms with Gasteiger partial charge in [0.25, 0.3) is 0 Å². The first kappa shape index (κ1) is 21.9. The van der Waals surface area contributed by atoms with Gasteiger partial charge in [-0.25, -0.2) is 4.98 Å². The summed E-state index contributed by atoms with van der Waals surface area (Å²) in [7, 11) is 0. The molecule has 0 bridgehead atoms. The van der Waals surface area contributed by atoms with Crippen molar-refractivity contribution in [2.45, 2.75) is 51.9 Å². The van der Waals surface area contributed by atoms with Crippen LogP contribution >= 0.6 is 11.6 Å². The molecule has 0 amide bonds. The summed E-state index contributed by atoms with van der Waals surface area (Å²) in [5, 5.41) is 10.2. The first-order chi connectivity index (χ1) is 14.7. The molecule has 30 heavy (non-hydrogen) atoms. The second-order valence-corrected chi connectivity index (χ2v) is 7.83. The zero-order valence-corrected chi connectivity index (χ0v) is 18.2. The number of imidazole rings is 1. The highest BCUT2D eigenvalue weighted by molar-refractivity contribution is 6.32. The molecule has 4 nitrogen and oxygen atoms in total. The van der Waals surface area contributed by atoms with Gasteiger partial charge in [-0.15, -0.1) is 0 Å². The van der Waals surface area contributed by atoms with Gasteiger partial charge in [-0.1, -0.05) is 69.2 Å². The first-order valence-electron chi connectivity index (χ1n) is 10.7. The summed E-state index contributed by atoms with van der Waals surface area (Å²) >= 11 is 6.44. The van der Waals surface area contributed by atoms with Crippen LogP contribution in [0.2, 0.25) is 5.02 Å². The molecule has 0 atom stereocenters. The fourth-order valence-corrected chi connectivity index (χ4v) is 3.58. The van der Waals surface area contributed by atoms with E-state index in [1.807, 2.05) is 42.5 Å². The predicted molar refractivity (Wildman–Crippen MR) is 125 cm³/mol. The number of hydrogen-bond acceptors (Lipinski definition) is 3. The highest BCUT2D eigenvalue weighted by Gasteiger charge is 2.09. The Labute approximate surface area is 183 Å². The van der Waals surface area contributed by atoms with E-state index in [4.69, 9.17) is 16.3 Å². The molecule has 1 heterocycles. The number of nitriles is 1. The number of aromatic amines is 1. The van der Waals surface area contributed by atoms with Crippen molar-refractivity contribution in [3.8, 4) is 11.8 Å². The Kier molecular flexibility index (Phi) is 8.35. The Morgan fingerprint density at radius 2 is 1.87 bits per heavy atom. The summed E-state index contributed by atoms with van der Waals surface area (Å²) in [4.78, 5) is 7.68. The highest BCUT2D eigenvalue weighted by Crippen LogP contribution is 2.27. The Balaban J connectivity index is 1.58. The van der Waals surface area contributed by atoms with Crippen molar-refractivity contribution in [2.75, 3.05) is 6.61 Å². The van der Waals surface area contributed by atoms with Crippen LogP contribution in [-0.4, -0.2) is 16.6 Å². The maximum Gasteiger partial charge on any atom is 0.149 e. The predicted octanol–water partition coefficient (Wildman–Crippen LogP) is 7.41. The standard InChI is InChI=1S/C25H28ClN3O/c1-2-3-4-5-6-7-10-15-30-21-14-13-19(22(26)17-21)16-20(18-27)25-28-23-11-8-9-12-24(23)29-25/h8-9,11-14,16-17H,2-7,10,15H2,1H3,(H,28,29)/b20-16-. The molecule has 0 aliphatic heterocycles. The summed E-state index contributed by atoms with van der Waals surface area (Å²) in [6.07, 6.45) is 10.5. The van der Waals surface area contributed by atoms with Gasteiger partial charge in [0.15, 0.2) is 0 Å². The molecule has 0 spiro atoms. The number of nitrogens with one attached hydrogen (secondary N) is 1. The summed E-state index contributed by atoms with van der Waals surface area (Å²) in [5.41, 5.74) is 2.92. The number of benzene rings is 2. The molecule has 5 heteroatoms. The largest absolute Gasteiger partial charge is 0.494 e. The fourth-order valence-electron chi connectivity index (χ4n) is 3.35. The maximum absolute atomic E-state index is 9.60. The molecule has 0 aliphatic carbocycles. The minimum absolute atomic E-state index is 0.435. The van der Waals surface area contributed by atoms with E-state index in [1.54, 1.807) is 6.08 Å². The lowest BCUT2D eigenvalue weighted by Crippen LogP contribution is -1.97. The summed E-state index contributed by atoms with van der Waals surface area (Å²) in [6.45, 7) is 2.93. The van der Waals surface area contributed by atoms with Gasteiger partial charge >= 0.3 is 0 Å². The number of hydrogen-bond donors (Lipinski definition) is 1. The van der Waals surface area contributed by atoms with Crippen LogP contribution in [0.25, 0.3) is 22.7 Å². The quantitative estimate of drug-likeness (QED) is 0.259. The van der Waals surface area contributed by atoms with Crippen LogP contribution in [0.4, 0.5) is 0 Å². The normalized spacial score (nSPS) is 11.6. The third kappa shape index (κ3) is 6.11. The first-order valence-corrected chi connectivity index (χ1v) is 11.1. The monoisotopic (exact) mass is 421 g/mol. The molecular weight excluding hydrogens is 394 g/mol. The highest BCUT2D eigenvalue weighted by atomic mass is 35.5. The average Bonchev–Trinajstić information content (AvgIpc) is 3.19. The van der Waals surface area contributed by atoms with E-state index < -0.39 is 0 Å². The second-order valence-electron chi connectivity index (χ2n) is 7.43. The van der Waals surface area contributed by atoms with Gasteiger partial charge in [-0.2, -0.15) is 5.26 Å². The number of aromatic nitrogens is 2. The molecule has 0 unspecified atom stereocenters.